The molecule has 1 aromatic rings. The third-order valence-electron chi connectivity index (χ3n) is 5.88. The minimum absolute atomic E-state index is 0.240. The molecule has 2 unspecified atom stereocenters. The lowest BCUT2D eigenvalue weighted by molar-refractivity contribution is -0.114. The third-order valence-corrected chi connectivity index (χ3v) is 5.88. The van der Waals surface area contributed by atoms with Gasteiger partial charge in [0.2, 0.25) is 0 Å². The van der Waals surface area contributed by atoms with E-state index in [1.807, 2.05) is 25.1 Å². The fraction of sp³-hybridized carbons (Fsp3) is 0.550. The van der Waals surface area contributed by atoms with Gasteiger partial charge in [0.1, 0.15) is 6.10 Å². The largest absolute Gasteiger partial charge is 0.493 e. The van der Waals surface area contributed by atoms with Crippen LogP contribution in [0.3, 0.4) is 0 Å². The lowest BCUT2D eigenvalue weighted by atomic mass is 9.98. The van der Waals surface area contributed by atoms with E-state index in [1.165, 1.54) is 25.7 Å². The highest BCUT2D eigenvalue weighted by molar-refractivity contribution is 5.98. The number of carbonyl (C=O) groups is 1. The predicted molar refractivity (Wildman–Crippen MR) is 93.4 cm³/mol. The first-order valence-electron chi connectivity index (χ1n) is 8.98. The Kier molecular flexibility index (Phi) is 3.99. The summed E-state index contributed by atoms with van der Waals surface area (Å²) in [6.07, 6.45) is 6.87. The first kappa shape index (κ1) is 15.6. The second kappa shape index (κ2) is 6.15. The first-order chi connectivity index (χ1) is 11.6. The van der Waals surface area contributed by atoms with E-state index in [0.29, 0.717) is 18.4 Å². The number of fused-ring (bicyclic) bond motifs is 2. The van der Waals surface area contributed by atoms with Crippen molar-refractivity contribution >= 4 is 11.5 Å². The minimum Gasteiger partial charge on any atom is -0.493 e. The zero-order valence-electron chi connectivity index (χ0n) is 14.4. The Morgan fingerprint density at radius 3 is 2.62 bits per heavy atom. The number of rotatable bonds is 5. The van der Waals surface area contributed by atoms with Gasteiger partial charge in [-0.2, -0.15) is 0 Å². The SMILES string of the molecule is COc1ccc(NC2=C(C)C(=O)CC2)cc1O[C@@H]1CC2CCC1C2. The number of ether oxygens (including phenoxy) is 2. The molecule has 0 amide bonds. The molecule has 2 saturated carbocycles. The van der Waals surface area contributed by atoms with Crippen molar-refractivity contribution in [2.45, 2.75) is 51.6 Å². The van der Waals surface area contributed by atoms with E-state index in [9.17, 15) is 4.79 Å². The second-order valence-corrected chi connectivity index (χ2v) is 7.35. The Morgan fingerprint density at radius 1 is 1.12 bits per heavy atom. The molecular weight excluding hydrogens is 302 g/mol. The number of anilines is 1. The van der Waals surface area contributed by atoms with Crippen LogP contribution in [0.1, 0.15) is 45.4 Å². The van der Waals surface area contributed by atoms with Gasteiger partial charge < -0.3 is 14.8 Å². The van der Waals surface area contributed by atoms with E-state index in [4.69, 9.17) is 9.47 Å². The lowest BCUT2D eigenvalue weighted by Gasteiger charge is -2.24. The third kappa shape index (κ3) is 2.79. The Morgan fingerprint density at radius 2 is 2.00 bits per heavy atom. The van der Waals surface area contributed by atoms with Gasteiger partial charge in [0.05, 0.1) is 7.11 Å². The van der Waals surface area contributed by atoms with Crippen molar-refractivity contribution in [1.82, 2.24) is 0 Å². The number of allylic oxidation sites excluding steroid dienone is 2. The van der Waals surface area contributed by atoms with Gasteiger partial charge in [0.25, 0.3) is 0 Å². The number of nitrogens with one attached hydrogen (secondary N) is 1. The van der Waals surface area contributed by atoms with E-state index < -0.39 is 0 Å². The number of Topliss-reactive ketones (excluding diaryl/α,β-unsaturated/α-hetero) is 1. The van der Waals surface area contributed by atoms with Gasteiger partial charge in [0, 0.05) is 29.4 Å². The molecule has 0 spiro atoms. The fourth-order valence-corrected chi connectivity index (χ4v) is 4.45. The fourth-order valence-electron chi connectivity index (χ4n) is 4.45. The van der Waals surface area contributed by atoms with Crippen LogP contribution in [-0.2, 0) is 4.79 Å². The van der Waals surface area contributed by atoms with Crippen molar-refractivity contribution in [3.8, 4) is 11.5 Å². The smallest absolute Gasteiger partial charge is 0.163 e. The van der Waals surface area contributed by atoms with Crippen molar-refractivity contribution in [1.29, 1.82) is 0 Å². The van der Waals surface area contributed by atoms with Crippen LogP contribution in [0.2, 0.25) is 0 Å². The summed E-state index contributed by atoms with van der Waals surface area (Å²) >= 11 is 0. The number of benzene rings is 1. The molecule has 4 heteroatoms. The predicted octanol–water partition coefficient (Wildman–Crippen LogP) is 4.31. The van der Waals surface area contributed by atoms with Crippen LogP contribution in [0.25, 0.3) is 0 Å². The highest BCUT2D eigenvalue weighted by Crippen LogP contribution is 2.47. The summed E-state index contributed by atoms with van der Waals surface area (Å²) in [6, 6.07) is 5.93. The highest BCUT2D eigenvalue weighted by atomic mass is 16.5. The maximum absolute atomic E-state index is 11.7. The molecule has 1 N–H and O–H groups in total. The highest BCUT2D eigenvalue weighted by Gasteiger charge is 2.41. The normalized spacial score (nSPS) is 28.6. The molecule has 3 aliphatic rings. The Bertz CT molecular complexity index is 694. The molecule has 2 fully saturated rings. The summed E-state index contributed by atoms with van der Waals surface area (Å²) in [6.45, 7) is 1.90. The molecule has 0 saturated heterocycles. The van der Waals surface area contributed by atoms with Crippen LogP contribution in [0.5, 0.6) is 11.5 Å². The monoisotopic (exact) mass is 327 g/mol. The van der Waals surface area contributed by atoms with Crippen molar-refractivity contribution in [3.63, 3.8) is 0 Å². The van der Waals surface area contributed by atoms with Crippen LogP contribution in [0.15, 0.2) is 29.5 Å². The Labute approximate surface area is 143 Å². The van der Waals surface area contributed by atoms with E-state index >= 15 is 0 Å². The van der Waals surface area contributed by atoms with Crippen molar-refractivity contribution in [2.24, 2.45) is 11.8 Å². The summed E-state index contributed by atoms with van der Waals surface area (Å²) in [5, 5.41) is 3.39. The number of carbonyl (C=O) groups excluding carboxylic acids is 1. The number of methoxy groups -OCH3 is 1. The summed E-state index contributed by atoms with van der Waals surface area (Å²) in [5.41, 5.74) is 2.83. The zero-order valence-corrected chi connectivity index (χ0v) is 14.4. The van der Waals surface area contributed by atoms with E-state index in [0.717, 1.165) is 40.8 Å². The maximum atomic E-state index is 11.7. The van der Waals surface area contributed by atoms with E-state index in [2.05, 4.69) is 5.32 Å². The van der Waals surface area contributed by atoms with Crippen molar-refractivity contribution in [3.05, 3.63) is 29.5 Å². The molecule has 3 atom stereocenters. The van der Waals surface area contributed by atoms with Crippen molar-refractivity contribution < 1.29 is 14.3 Å². The van der Waals surface area contributed by atoms with Crippen LogP contribution in [0, 0.1) is 11.8 Å². The molecule has 3 aliphatic carbocycles. The molecule has 0 heterocycles. The van der Waals surface area contributed by atoms with Gasteiger partial charge >= 0.3 is 0 Å². The van der Waals surface area contributed by atoms with E-state index in [-0.39, 0.29) is 5.78 Å². The van der Waals surface area contributed by atoms with Gasteiger partial charge in [-0.05, 0) is 63.0 Å². The van der Waals surface area contributed by atoms with Gasteiger partial charge in [-0.3, -0.25) is 4.79 Å². The van der Waals surface area contributed by atoms with Crippen LogP contribution in [-0.4, -0.2) is 19.0 Å². The topological polar surface area (TPSA) is 47.6 Å². The summed E-state index contributed by atoms with van der Waals surface area (Å²) in [7, 11) is 1.68. The standard InChI is InChI=1S/C20H25NO3/c1-12-16(6-7-17(12)22)21-15-5-8-18(23-2)20(11-15)24-19-10-13-3-4-14(19)9-13/h5,8,11,13-14,19,21H,3-4,6-7,9-10H2,1-2H3/t13?,14?,19-/m1/s1. The van der Waals surface area contributed by atoms with Crippen LogP contribution >= 0.6 is 0 Å². The number of hydrogen-bond donors (Lipinski definition) is 1. The van der Waals surface area contributed by atoms with Crippen LogP contribution < -0.4 is 14.8 Å². The molecule has 0 aromatic heterocycles. The maximum Gasteiger partial charge on any atom is 0.163 e. The molecule has 128 valence electrons. The average molecular weight is 327 g/mol. The zero-order chi connectivity index (χ0) is 16.7. The second-order valence-electron chi connectivity index (χ2n) is 7.35. The molecule has 0 radical (unpaired) electrons. The van der Waals surface area contributed by atoms with Gasteiger partial charge in [-0.15, -0.1) is 0 Å². The van der Waals surface area contributed by atoms with Gasteiger partial charge in [0.15, 0.2) is 17.3 Å². The molecule has 1 aromatic carbocycles. The summed E-state index contributed by atoms with van der Waals surface area (Å²) < 4.78 is 11.8. The summed E-state index contributed by atoms with van der Waals surface area (Å²) in [5.74, 6) is 3.38. The Hall–Kier alpha value is -1.97. The first-order valence-corrected chi connectivity index (χ1v) is 8.98. The molecule has 2 bridgehead atoms. The molecular formula is C20H25NO3. The van der Waals surface area contributed by atoms with Crippen LogP contribution in [0.4, 0.5) is 5.69 Å². The van der Waals surface area contributed by atoms with Crippen molar-refractivity contribution in [2.75, 3.05) is 12.4 Å². The van der Waals surface area contributed by atoms with E-state index in [1.54, 1.807) is 7.11 Å². The molecule has 0 aliphatic heterocycles. The minimum atomic E-state index is 0.240. The molecule has 4 nitrogen and oxygen atoms in total. The molecule has 24 heavy (non-hydrogen) atoms. The summed E-state index contributed by atoms with van der Waals surface area (Å²) in [4.78, 5) is 11.7. The average Bonchev–Trinajstić information content (AvgIpc) is 3.28. The lowest BCUT2D eigenvalue weighted by Crippen LogP contribution is -2.23. The number of ketones is 1. The number of hydrogen-bond acceptors (Lipinski definition) is 4. The quantitative estimate of drug-likeness (QED) is 0.875. The van der Waals surface area contributed by atoms with Gasteiger partial charge in [-0.25, -0.2) is 0 Å². The van der Waals surface area contributed by atoms with Gasteiger partial charge in [-0.1, -0.05) is 0 Å². The molecule has 4 rings (SSSR count). The Balaban J connectivity index is 1.53.